The summed E-state index contributed by atoms with van der Waals surface area (Å²) >= 11 is 6.31. The number of hydrazone groups is 1. The number of hydrogen-bond donors (Lipinski definition) is 2. The van der Waals surface area contributed by atoms with Gasteiger partial charge in [0.25, 0.3) is 5.91 Å². The van der Waals surface area contributed by atoms with E-state index in [0.29, 0.717) is 17.3 Å². The molecular weight excluding hydrogens is 409 g/mol. The van der Waals surface area contributed by atoms with Gasteiger partial charge >= 0.3 is 0 Å². The quantitative estimate of drug-likeness (QED) is 0.703. The van der Waals surface area contributed by atoms with Crippen LogP contribution in [0.3, 0.4) is 0 Å². The monoisotopic (exact) mass is 431 g/mol. The molecule has 1 aliphatic rings. The lowest BCUT2D eigenvalue weighted by Crippen LogP contribution is -2.40. The predicted octanol–water partition coefficient (Wildman–Crippen LogP) is 2.32. The number of rotatable bonds is 7. The summed E-state index contributed by atoms with van der Waals surface area (Å²) in [5.41, 5.74) is 7.04. The Morgan fingerprint density at radius 2 is 1.93 bits per heavy atom. The van der Waals surface area contributed by atoms with Crippen molar-refractivity contribution in [2.45, 2.75) is 18.5 Å². The first-order valence-electron chi connectivity index (χ1n) is 9.38. The first kappa shape index (κ1) is 21.7. The maximum Gasteiger partial charge on any atom is 0.267 e. The summed E-state index contributed by atoms with van der Waals surface area (Å²) in [5, 5.41) is 9.11. The highest BCUT2D eigenvalue weighted by Crippen LogP contribution is 2.27. The minimum absolute atomic E-state index is 0.0667. The van der Waals surface area contributed by atoms with Crippen molar-refractivity contribution in [3.8, 4) is 0 Å². The molecule has 0 saturated carbocycles. The highest BCUT2D eigenvalue weighted by molar-refractivity contribution is 6.40. The molecule has 0 aliphatic carbocycles. The summed E-state index contributed by atoms with van der Waals surface area (Å²) in [6.45, 7) is 0.298. The normalized spacial score (nSPS) is 17.0. The minimum Gasteiger partial charge on any atom is -0.368 e. The summed E-state index contributed by atoms with van der Waals surface area (Å²) in [4.78, 5) is 26.6. The van der Waals surface area contributed by atoms with Gasteiger partial charge < -0.3 is 16.0 Å². The molecule has 1 aliphatic heterocycles. The van der Waals surface area contributed by atoms with Crippen LogP contribution >= 0.6 is 11.6 Å². The van der Waals surface area contributed by atoms with E-state index in [-0.39, 0.29) is 18.2 Å². The third kappa shape index (κ3) is 4.77. The van der Waals surface area contributed by atoms with E-state index in [4.69, 9.17) is 17.3 Å². The molecule has 7 nitrogen and oxygen atoms in total. The van der Waals surface area contributed by atoms with Crippen molar-refractivity contribution in [3.05, 3.63) is 64.9 Å². The van der Waals surface area contributed by atoms with Gasteiger partial charge in [0.2, 0.25) is 5.91 Å². The lowest BCUT2D eigenvalue weighted by Gasteiger charge is -2.25. The zero-order chi connectivity index (χ0) is 21.8. The predicted molar refractivity (Wildman–Crippen MR) is 115 cm³/mol. The standard InChI is InChI=1S/C21H23ClFN5O2/c1-27(2)19(15-5-3-4-6-16(15)22)12-25-21(30)17-11-18(20(24)29)28(26-17)14-9-7-13(23)8-10-14/h3-10,18-19H,11-12H2,1-2H3,(H2,24,29)(H,25,30). The van der Waals surface area contributed by atoms with Crippen molar-refractivity contribution < 1.29 is 14.0 Å². The number of amides is 2. The second kappa shape index (κ2) is 9.23. The molecule has 0 fully saturated rings. The number of anilines is 1. The zero-order valence-electron chi connectivity index (χ0n) is 16.7. The van der Waals surface area contributed by atoms with Gasteiger partial charge in [0.15, 0.2) is 0 Å². The van der Waals surface area contributed by atoms with Gasteiger partial charge in [-0.3, -0.25) is 14.6 Å². The smallest absolute Gasteiger partial charge is 0.267 e. The maximum absolute atomic E-state index is 13.2. The van der Waals surface area contributed by atoms with Crippen LogP contribution in [0.25, 0.3) is 0 Å². The van der Waals surface area contributed by atoms with Crippen LogP contribution in [0.4, 0.5) is 10.1 Å². The Hall–Kier alpha value is -2.97. The van der Waals surface area contributed by atoms with Crippen LogP contribution in [0.1, 0.15) is 18.0 Å². The number of nitrogens with one attached hydrogen (secondary N) is 1. The Labute approximate surface area is 179 Å². The molecule has 2 atom stereocenters. The summed E-state index contributed by atoms with van der Waals surface area (Å²) in [6, 6.07) is 12.0. The number of hydrogen-bond acceptors (Lipinski definition) is 5. The van der Waals surface area contributed by atoms with Crippen LogP contribution < -0.4 is 16.1 Å². The molecule has 2 unspecified atom stereocenters. The third-order valence-electron chi connectivity index (χ3n) is 4.94. The number of benzene rings is 2. The van der Waals surface area contributed by atoms with Crippen LogP contribution in [-0.2, 0) is 9.59 Å². The molecule has 1 heterocycles. The van der Waals surface area contributed by atoms with Crippen LogP contribution in [0, 0.1) is 5.82 Å². The molecule has 0 bridgehead atoms. The van der Waals surface area contributed by atoms with Crippen LogP contribution in [-0.4, -0.2) is 49.1 Å². The Morgan fingerprint density at radius 3 is 2.53 bits per heavy atom. The number of likely N-dealkylation sites (N-methyl/N-ethyl adjacent to an activating group) is 1. The van der Waals surface area contributed by atoms with Crippen molar-refractivity contribution in [2.75, 3.05) is 25.6 Å². The molecular formula is C21H23ClFN5O2. The first-order valence-corrected chi connectivity index (χ1v) is 9.76. The van der Waals surface area contributed by atoms with E-state index >= 15 is 0 Å². The molecule has 3 N–H and O–H groups in total. The van der Waals surface area contributed by atoms with Crippen molar-refractivity contribution in [3.63, 3.8) is 0 Å². The maximum atomic E-state index is 13.2. The Kier molecular flexibility index (Phi) is 6.69. The van der Waals surface area contributed by atoms with Crippen molar-refractivity contribution in [2.24, 2.45) is 10.8 Å². The van der Waals surface area contributed by atoms with Gasteiger partial charge in [0.05, 0.1) is 11.7 Å². The second-order valence-electron chi connectivity index (χ2n) is 7.20. The van der Waals surface area contributed by atoms with Gasteiger partial charge in [-0.05, 0) is 50.0 Å². The van der Waals surface area contributed by atoms with Gasteiger partial charge in [-0.15, -0.1) is 0 Å². The molecule has 0 radical (unpaired) electrons. The fraction of sp³-hybridized carbons (Fsp3) is 0.286. The number of carbonyl (C=O) groups excluding carboxylic acids is 2. The lowest BCUT2D eigenvalue weighted by atomic mass is 10.1. The number of nitrogens with zero attached hydrogens (tertiary/aromatic N) is 3. The van der Waals surface area contributed by atoms with Crippen molar-refractivity contribution >= 4 is 34.8 Å². The fourth-order valence-corrected chi connectivity index (χ4v) is 3.57. The molecule has 2 aromatic rings. The fourth-order valence-electron chi connectivity index (χ4n) is 3.31. The van der Waals surface area contributed by atoms with Crippen LogP contribution in [0.15, 0.2) is 53.6 Å². The molecule has 0 aromatic heterocycles. The summed E-state index contributed by atoms with van der Waals surface area (Å²) in [7, 11) is 3.79. The van der Waals surface area contributed by atoms with E-state index in [2.05, 4.69) is 10.4 Å². The van der Waals surface area contributed by atoms with E-state index in [9.17, 15) is 14.0 Å². The Bertz CT molecular complexity index is 964. The topological polar surface area (TPSA) is 91.0 Å². The number of primary amides is 1. The number of halogens is 2. The van der Waals surface area contributed by atoms with Crippen LogP contribution in [0.2, 0.25) is 5.02 Å². The van der Waals surface area contributed by atoms with Gasteiger partial charge in [-0.1, -0.05) is 29.8 Å². The Balaban J connectivity index is 1.75. The van der Waals surface area contributed by atoms with E-state index in [0.717, 1.165) is 5.56 Å². The highest BCUT2D eigenvalue weighted by Gasteiger charge is 2.35. The number of nitrogens with two attached hydrogens (primary N) is 1. The molecule has 2 amide bonds. The van der Waals surface area contributed by atoms with E-state index < -0.39 is 23.7 Å². The van der Waals surface area contributed by atoms with Gasteiger partial charge in [0.1, 0.15) is 17.6 Å². The summed E-state index contributed by atoms with van der Waals surface area (Å²) < 4.78 is 13.2. The van der Waals surface area contributed by atoms with E-state index in [1.165, 1.54) is 29.3 Å². The molecule has 9 heteroatoms. The van der Waals surface area contributed by atoms with Gasteiger partial charge in [0, 0.05) is 18.0 Å². The third-order valence-corrected chi connectivity index (χ3v) is 5.28. The van der Waals surface area contributed by atoms with E-state index in [1.54, 1.807) is 6.07 Å². The molecule has 0 saturated heterocycles. The number of carbonyl (C=O) groups is 2. The second-order valence-corrected chi connectivity index (χ2v) is 7.61. The largest absolute Gasteiger partial charge is 0.368 e. The van der Waals surface area contributed by atoms with Crippen LogP contribution in [0.5, 0.6) is 0 Å². The highest BCUT2D eigenvalue weighted by atomic mass is 35.5. The molecule has 2 aromatic carbocycles. The Morgan fingerprint density at radius 1 is 1.27 bits per heavy atom. The zero-order valence-corrected chi connectivity index (χ0v) is 17.4. The van der Waals surface area contributed by atoms with Crippen molar-refractivity contribution in [1.82, 2.24) is 10.2 Å². The summed E-state index contributed by atoms with van der Waals surface area (Å²) in [6.07, 6.45) is 0.0667. The molecule has 3 rings (SSSR count). The average molecular weight is 432 g/mol. The first-order chi connectivity index (χ1) is 14.3. The average Bonchev–Trinajstić information content (AvgIpc) is 3.15. The van der Waals surface area contributed by atoms with Gasteiger partial charge in [-0.2, -0.15) is 5.10 Å². The van der Waals surface area contributed by atoms with Crippen molar-refractivity contribution in [1.29, 1.82) is 0 Å². The summed E-state index contributed by atoms with van der Waals surface area (Å²) in [5.74, 6) is -1.43. The van der Waals surface area contributed by atoms with E-state index in [1.807, 2.05) is 37.2 Å². The van der Waals surface area contributed by atoms with Gasteiger partial charge in [-0.25, -0.2) is 4.39 Å². The SMILES string of the molecule is CN(C)C(CNC(=O)C1=NN(c2ccc(F)cc2)C(C(N)=O)C1)c1ccccc1Cl. The molecule has 158 valence electrons. The molecule has 0 spiro atoms. The minimum atomic E-state index is -0.815. The lowest BCUT2D eigenvalue weighted by molar-refractivity contribution is -0.119. The molecule has 30 heavy (non-hydrogen) atoms.